The second-order valence-electron chi connectivity index (χ2n) is 5.72. The molecule has 1 amide bonds. The topological polar surface area (TPSA) is 118 Å². The largest absolute Gasteiger partial charge is 0.417 e. The zero-order valence-corrected chi connectivity index (χ0v) is 17.1. The second kappa shape index (κ2) is 8.71. The number of amides is 1. The van der Waals surface area contributed by atoms with Crippen LogP contribution in [0.3, 0.4) is 0 Å². The average molecular weight is 503 g/mol. The van der Waals surface area contributed by atoms with E-state index in [1.807, 2.05) is 0 Å². The number of hydrogen-bond donors (Lipinski definition) is 4. The highest BCUT2D eigenvalue weighted by Gasteiger charge is 2.31. The number of nitrogens with zero attached hydrogens (tertiary/aromatic N) is 3. The van der Waals surface area contributed by atoms with Gasteiger partial charge in [-0.3, -0.25) is 15.6 Å². The van der Waals surface area contributed by atoms with Crippen LogP contribution in [0.4, 0.5) is 36.3 Å². The summed E-state index contributed by atoms with van der Waals surface area (Å²) in [6, 6.07) is 7.49. The Morgan fingerprint density at radius 1 is 1.10 bits per heavy atom. The van der Waals surface area contributed by atoms with E-state index in [-0.39, 0.29) is 28.2 Å². The molecule has 5 N–H and O–H groups in total. The van der Waals surface area contributed by atoms with Crippen molar-refractivity contribution in [1.29, 1.82) is 0 Å². The van der Waals surface area contributed by atoms with Gasteiger partial charge in [0, 0.05) is 10.7 Å². The number of alkyl halides is 3. The van der Waals surface area contributed by atoms with Crippen molar-refractivity contribution in [3.63, 3.8) is 0 Å². The van der Waals surface area contributed by atoms with Crippen molar-refractivity contribution in [1.82, 2.24) is 20.4 Å². The summed E-state index contributed by atoms with van der Waals surface area (Å²) in [7, 11) is 0. The Kier molecular flexibility index (Phi) is 6.27. The first-order valence-electron chi connectivity index (χ1n) is 8.08. The molecule has 0 bridgehead atoms. The number of carbonyl (C=O) groups excluding carboxylic acids is 1. The van der Waals surface area contributed by atoms with E-state index in [0.29, 0.717) is 16.2 Å². The van der Waals surface area contributed by atoms with Gasteiger partial charge in [-0.2, -0.15) is 13.2 Å². The van der Waals surface area contributed by atoms with Gasteiger partial charge in [-0.25, -0.2) is 15.0 Å². The number of hydrogen-bond acceptors (Lipinski definition) is 7. The van der Waals surface area contributed by atoms with Crippen molar-refractivity contribution < 1.29 is 18.0 Å². The lowest BCUT2D eigenvalue weighted by Crippen LogP contribution is -2.30. The number of benzene rings is 1. The molecule has 156 valence electrons. The number of carbonyl (C=O) groups is 1. The minimum atomic E-state index is -4.58. The molecular weight excluding hydrogens is 491 g/mol. The molecule has 0 aliphatic rings. The first kappa shape index (κ1) is 21.6. The number of halogens is 5. The highest BCUT2D eigenvalue weighted by molar-refractivity contribution is 9.10. The Morgan fingerprint density at radius 3 is 2.47 bits per heavy atom. The quantitative estimate of drug-likeness (QED) is 0.382. The summed E-state index contributed by atoms with van der Waals surface area (Å²) in [5.74, 6) is -0.464. The standard InChI is InChI=1S/C17H12BrClF3N7O/c18-10-4-2-1-3-9(10)16(30)29-28-15-12(23)14(25-7-26-15)27-13-11(19)5-8(6-24-13)17(20,21)22/h1-7H,23H2,(H,29,30)(H2,24,25,26,27,28). The Hall–Kier alpha value is -3.12. The summed E-state index contributed by atoms with van der Waals surface area (Å²) < 4.78 is 38.8. The van der Waals surface area contributed by atoms with Gasteiger partial charge in [0.25, 0.3) is 5.91 Å². The van der Waals surface area contributed by atoms with Crippen LogP contribution >= 0.6 is 27.5 Å². The van der Waals surface area contributed by atoms with Gasteiger partial charge >= 0.3 is 6.18 Å². The van der Waals surface area contributed by atoms with Gasteiger partial charge in [0.2, 0.25) is 0 Å². The monoisotopic (exact) mass is 501 g/mol. The minimum absolute atomic E-state index is 0.0248. The van der Waals surface area contributed by atoms with E-state index in [1.54, 1.807) is 24.3 Å². The maximum absolute atomic E-state index is 12.7. The van der Waals surface area contributed by atoms with Crippen LogP contribution in [0.1, 0.15) is 15.9 Å². The maximum atomic E-state index is 12.7. The summed E-state index contributed by atoms with van der Waals surface area (Å²) in [6.45, 7) is 0. The maximum Gasteiger partial charge on any atom is 0.417 e. The van der Waals surface area contributed by atoms with Gasteiger partial charge in [0.1, 0.15) is 17.8 Å². The lowest BCUT2D eigenvalue weighted by atomic mass is 10.2. The van der Waals surface area contributed by atoms with E-state index >= 15 is 0 Å². The van der Waals surface area contributed by atoms with Crippen LogP contribution in [0.5, 0.6) is 0 Å². The molecule has 2 heterocycles. The number of aromatic nitrogens is 3. The number of nitrogens with two attached hydrogens (primary N) is 1. The zero-order chi connectivity index (χ0) is 21.9. The van der Waals surface area contributed by atoms with E-state index in [4.69, 9.17) is 17.3 Å². The number of anilines is 4. The predicted molar refractivity (Wildman–Crippen MR) is 109 cm³/mol. The normalized spacial score (nSPS) is 11.1. The third kappa shape index (κ3) is 4.89. The van der Waals surface area contributed by atoms with Crippen molar-refractivity contribution in [3.05, 3.63) is 63.5 Å². The molecule has 1 aromatic carbocycles. The molecule has 8 nitrogen and oxygen atoms in total. The van der Waals surface area contributed by atoms with E-state index in [9.17, 15) is 18.0 Å². The first-order valence-corrected chi connectivity index (χ1v) is 9.25. The minimum Gasteiger partial charge on any atom is -0.393 e. The van der Waals surface area contributed by atoms with Crippen molar-refractivity contribution >= 4 is 56.6 Å². The molecule has 0 fully saturated rings. The van der Waals surface area contributed by atoms with Crippen LogP contribution < -0.4 is 21.9 Å². The summed E-state index contributed by atoms with van der Waals surface area (Å²) in [4.78, 5) is 23.8. The average Bonchev–Trinajstić information content (AvgIpc) is 2.69. The molecule has 0 atom stereocenters. The van der Waals surface area contributed by atoms with Gasteiger partial charge < -0.3 is 11.1 Å². The van der Waals surface area contributed by atoms with Crippen molar-refractivity contribution in [2.45, 2.75) is 6.18 Å². The summed E-state index contributed by atoms with van der Waals surface area (Å²) in [5.41, 5.74) is 10.3. The third-order valence-electron chi connectivity index (χ3n) is 3.70. The molecule has 0 spiro atoms. The van der Waals surface area contributed by atoms with Crippen molar-refractivity contribution in [2.75, 3.05) is 16.5 Å². The van der Waals surface area contributed by atoms with E-state index < -0.39 is 17.6 Å². The molecule has 3 rings (SSSR count). The molecule has 3 aromatic rings. The number of rotatable bonds is 5. The van der Waals surface area contributed by atoms with Gasteiger partial charge in [-0.1, -0.05) is 23.7 Å². The molecule has 13 heteroatoms. The van der Waals surface area contributed by atoms with Gasteiger partial charge in [0.05, 0.1) is 16.1 Å². The Balaban J connectivity index is 1.75. The molecule has 2 aromatic heterocycles. The summed E-state index contributed by atoms with van der Waals surface area (Å²) in [6.07, 6.45) is -2.82. The number of nitrogens with one attached hydrogen (secondary N) is 3. The highest BCUT2D eigenvalue weighted by atomic mass is 79.9. The highest BCUT2D eigenvalue weighted by Crippen LogP contribution is 2.34. The van der Waals surface area contributed by atoms with E-state index in [1.165, 1.54) is 0 Å². The van der Waals surface area contributed by atoms with Crippen molar-refractivity contribution in [2.24, 2.45) is 0 Å². The molecule has 0 aliphatic heterocycles. The third-order valence-corrected chi connectivity index (χ3v) is 4.68. The van der Waals surface area contributed by atoms with Crippen LogP contribution in [-0.2, 0) is 6.18 Å². The van der Waals surface area contributed by atoms with Crippen molar-refractivity contribution in [3.8, 4) is 0 Å². The summed E-state index contributed by atoms with van der Waals surface area (Å²) >= 11 is 9.15. The number of nitrogen functional groups attached to an aromatic ring is 1. The number of pyridine rings is 1. The van der Waals surface area contributed by atoms with Gasteiger partial charge in [-0.05, 0) is 34.1 Å². The fourth-order valence-corrected chi connectivity index (χ4v) is 2.90. The Bertz CT molecular complexity index is 1100. The SMILES string of the molecule is Nc1c(NNC(=O)c2ccccc2Br)ncnc1Nc1ncc(C(F)(F)F)cc1Cl. The molecular formula is C17H12BrClF3N7O. The number of hydrazine groups is 1. The Labute approximate surface area is 181 Å². The van der Waals surface area contributed by atoms with E-state index in [0.717, 1.165) is 12.4 Å². The van der Waals surface area contributed by atoms with Crippen LogP contribution in [0.2, 0.25) is 5.02 Å². The van der Waals surface area contributed by atoms with Crippen LogP contribution in [0.25, 0.3) is 0 Å². The molecule has 30 heavy (non-hydrogen) atoms. The fourth-order valence-electron chi connectivity index (χ4n) is 2.22. The molecule has 0 saturated heterocycles. The predicted octanol–water partition coefficient (Wildman–Crippen LogP) is 4.39. The zero-order valence-electron chi connectivity index (χ0n) is 14.8. The van der Waals surface area contributed by atoms with Crippen LogP contribution in [-0.4, -0.2) is 20.9 Å². The molecule has 0 aliphatic carbocycles. The summed E-state index contributed by atoms with van der Waals surface area (Å²) in [5, 5.41) is 2.36. The molecule has 0 unspecified atom stereocenters. The van der Waals surface area contributed by atoms with Crippen LogP contribution in [0.15, 0.2) is 47.3 Å². The van der Waals surface area contributed by atoms with Gasteiger partial charge in [0.15, 0.2) is 11.6 Å². The first-order chi connectivity index (χ1) is 14.2. The molecule has 0 saturated carbocycles. The lowest BCUT2D eigenvalue weighted by molar-refractivity contribution is -0.137. The van der Waals surface area contributed by atoms with E-state index in [2.05, 4.69) is 47.1 Å². The second-order valence-corrected chi connectivity index (χ2v) is 6.98. The van der Waals surface area contributed by atoms with Gasteiger partial charge in [-0.15, -0.1) is 0 Å². The lowest BCUT2D eigenvalue weighted by Gasteiger charge is -2.14. The fraction of sp³-hybridized carbons (Fsp3) is 0.0588. The Morgan fingerprint density at radius 2 is 1.80 bits per heavy atom. The smallest absolute Gasteiger partial charge is 0.393 e. The van der Waals surface area contributed by atoms with Crippen LogP contribution in [0, 0.1) is 0 Å². The molecule has 0 radical (unpaired) electrons.